The number of methoxy groups -OCH3 is 2. The Bertz CT molecular complexity index is 1160. The zero-order chi connectivity index (χ0) is 27.9. The number of hydrogen-bond acceptors (Lipinski definition) is 9. The summed E-state index contributed by atoms with van der Waals surface area (Å²) in [5.41, 5.74) is 1.20. The Morgan fingerprint density at radius 2 is 1.43 bits per heavy atom. The third-order valence-corrected chi connectivity index (χ3v) is 3.90. The van der Waals surface area contributed by atoms with Crippen LogP contribution < -0.4 is 18.9 Å². The van der Waals surface area contributed by atoms with Crippen molar-refractivity contribution < 1.29 is 34.0 Å². The maximum absolute atomic E-state index is 10.5. The highest BCUT2D eigenvalue weighted by Gasteiger charge is 2.06. The Labute approximate surface area is 215 Å². The van der Waals surface area contributed by atoms with Gasteiger partial charge in [-0.05, 0) is 42.0 Å². The van der Waals surface area contributed by atoms with Crippen LogP contribution in [0.4, 0.5) is 0 Å². The van der Waals surface area contributed by atoms with Gasteiger partial charge in [0.2, 0.25) is 0 Å². The zero-order valence-corrected chi connectivity index (χ0v) is 20.4. The molecule has 0 heterocycles. The summed E-state index contributed by atoms with van der Waals surface area (Å²) in [5, 5.41) is 33.5. The number of carbonyl (C=O) groups excluding carboxylic acids is 1. The monoisotopic (exact) mass is 506 g/mol. The number of carbonyl (C=O) groups is 1. The molecule has 0 aliphatic carbocycles. The minimum atomic E-state index is -0.0822. The molecule has 0 fully saturated rings. The third kappa shape index (κ3) is 12.8. The van der Waals surface area contributed by atoms with Crippen LogP contribution in [0, 0.1) is 35.8 Å². The van der Waals surface area contributed by atoms with Crippen LogP contribution in [0.25, 0.3) is 15.8 Å². The van der Waals surface area contributed by atoms with Crippen molar-refractivity contribution in [3.8, 4) is 35.1 Å². The third-order valence-electron chi connectivity index (χ3n) is 3.90. The molecule has 0 radical (unpaired) electrons. The van der Waals surface area contributed by atoms with Gasteiger partial charge in [0, 0.05) is 5.56 Å². The number of benzene rings is 2. The number of nitrogens with zero attached hydrogens (tertiary/aromatic N) is 4. The Hall–Kier alpha value is -5.07. The van der Waals surface area contributed by atoms with Crippen molar-refractivity contribution in [3.05, 3.63) is 76.1 Å². The lowest BCUT2D eigenvalue weighted by atomic mass is 10.1. The van der Waals surface area contributed by atoms with Gasteiger partial charge in [-0.2, -0.15) is 5.26 Å². The number of allylic oxidation sites excluding steroid dienone is 1. The van der Waals surface area contributed by atoms with Crippen molar-refractivity contribution in [1.82, 2.24) is 0 Å². The van der Waals surface area contributed by atoms with E-state index in [2.05, 4.69) is 9.69 Å². The number of rotatable bonds is 10. The Morgan fingerprint density at radius 3 is 1.78 bits per heavy atom. The summed E-state index contributed by atoms with van der Waals surface area (Å²) in [4.78, 5) is 16.3. The van der Waals surface area contributed by atoms with Gasteiger partial charge in [-0.25, -0.2) is 16.7 Å². The van der Waals surface area contributed by atoms with Gasteiger partial charge in [-0.3, -0.25) is 4.79 Å². The van der Waals surface area contributed by atoms with E-state index in [4.69, 9.17) is 52.8 Å². The van der Waals surface area contributed by atoms with Gasteiger partial charge in [0.05, 0.1) is 40.1 Å². The second-order valence-corrected chi connectivity index (χ2v) is 6.31. The molecule has 11 heteroatoms. The molecule has 11 nitrogen and oxygen atoms in total. The predicted octanol–water partition coefficient (Wildman–Crippen LogP) is 3.16. The molecule has 2 rings (SSSR count). The normalized spacial score (nSPS) is 9.24. The van der Waals surface area contributed by atoms with Crippen molar-refractivity contribution >= 4 is 12.4 Å². The van der Waals surface area contributed by atoms with Gasteiger partial charge in [-0.15, -0.1) is 0 Å². The topological polar surface area (TPSA) is 151 Å². The van der Waals surface area contributed by atoms with Gasteiger partial charge < -0.3 is 34.0 Å². The molecule has 0 unspecified atom stereocenters. The molecule has 0 aliphatic rings. The van der Waals surface area contributed by atoms with Crippen LogP contribution in [0.2, 0.25) is 0 Å². The number of ether oxygens (including phenoxy) is 4. The highest BCUT2D eigenvalue weighted by atomic mass is 16.5. The van der Waals surface area contributed by atoms with Gasteiger partial charge in [0.15, 0.2) is 23.0 Å². The van der Waals surface area contributed by atoms with Crippen molar-refractivity contribution in [2.45, 2.75) is 0 Å². The van der Waals surface area contributed by atoms with Gasteiger partial charge >= 0.3 is 0 Å². The summed E-state index contributed by atoms with van der Waals surface area (Å²) in [7, 11) is 2.99. The highest BCUT2D eigenvalue weighted by Crippen LogP contribution is 2.29. The Balaban J connectivity index is 0.000000605. The summed E-state index contributed by atoms with van der Waals surface area (Å²) in [5.74, 6) is 2.00. The van der Waals surface area contributed by atoms with E-state index in [9.17, 15) is 4.79 Å². The summed E-state index contributed by atoms with van der Waals surface area (Å²) < 4.78 is 20.6. The first-order chi connectivity index (χ1) is 18.0. The fourth-order valence-corrected chi connectivity index (χ4v) is 2.36. The van der Waals surface area contributed by atoms with Crippen LogP contribution in [0.1, 0.15) is 15.9 Å². The molecule has 2 N–H and O–H groups in total. The average Bonchev–Trinajstić information content (AvgIpc) is 2.94. The number of nitriles is 2. The average molecular weight is 507 g/mol. The Kier molecular flexibility index (Phi) is 17.5. The first-order valence-electron chi connectivity index (χ1n) is 10.5. The lowest BCUT2D eigenvalue weighted by molar-refractivity contribution is 0.112. The molecule has 0 saturated heterocycles. The van der Waals surface area contributed by atoms with E-state index in [-0.39, 0.29) is 38.7 Å². The minimum Gasteiger partial charge on any atom is -0.493 e. The smallest absolute Gasteiger partial charge is 0.298 e. The van der Waals surface area contributed by atoms with Crippen LogP contribution in [-0.4, -0.2) is 63.7 Å². The molecule has 2 aromatic rings. The van der Waals surface area contributed by atoms with E-state index >= 15 is 0 Å². The first-order valence-corrected chi connectivity index (χ1v) is 10.5. The maximum atomic E-state index is 10.5. The van der Waals surface area contributed by atoms with Crippen LogP contribution in [0.15, 0.2) is 42.1 Å². The van der Waals surface area contributed by atoms with Gasteiger partial charge in [-0.1, -0.05) is 6.07 Å². The lowest BCUT2D eigenvalue weighted by Gasteiger charge is -2.10. The SMILES string of the molecule is COc1cc(C=O)ccc1OCCO.[C-]#[N+]/C(C#N)=C/c1ccc(OCCO)c(OC)c1.[C-]#[N+]CC#N. The van der Waals surface area contributed by atoms with Crippen molar-refractivity contribution in [2.75, 3.05) is 47.2 Å². The molecule has 0 amide bonds. The molecule has 0 saturated carbocycles. The van der Waals surface area contributed by atoms with Crippen molar-refractivity contribution in [2.24, 2.45) is 0 Å². The number of hydrogen-bond donors (Lipinski definition) is 2. The molecule has 37 heavy (non-hydrogen) atoms. The van der Waals surface area contributed by atoms with E-state index in [1.54, 1.807) is 48.5 Å². The standard InChI is InChI=1S/C13H12N2O3.C10H12O4.C3H2N2/c1-15-11(9-14)7-10-3-4-12(18-6-5-16)13(8-10)17-2;1-13-10-6-8(7-12)2-3-9(10)14-5-4-11;1-5-3-2-4/h3-4,7-8,16H,5-6H2,2H3;2-3,6-7,11H,4-5H2,1H3;3H2/b11-7+;;. The van der Waals surface area contributed by atoms with Gasteiger partial charge in [0.1, 0.15) is 25.6 Å². The molecule has 192 valence electrons. The van der Waals surface area contributed by atoms with E-state index in [1.165, 1.54) is 20.3 Å². The van der Waals surface area contributed by atoms with E-state index in [0.717, 1.165) is 6.29 Å². The van der Waals surface area contributed by atoms with Crippen molar-refractivity contribution in [1.29, 1.82) is 10.5 Å². The fourth-order valence-electron chi connectivity index (χ4n) is 2.36. The Morgan fingerprint density at radius 1 is 0.919 bits per heavy atom. The van der Waals surface area contributed by atoms with Crippen molar-refractivity contribution in [3.63, 3.8) is 0 Å². The number of aldehydes is 1. The summed E-state index contributed by atoms with van der Waals surface area (Å²) in [6, 6.07) is 13.3. The molecule has 0 atom stereocenters. The van der Waals surface area contributed by atoms with E-state index in [0.29, 0.717) is 34.1 Å². The maximum Gasteiger partial charge on any atom is 0.298 e. The molecule has 2 aromatic carbocycles. The molecule has 0 aliphatic heterocycles. The first kappa shape index (κ1) is 31.9. The molecule has 0 spiro atoms. The van der Waals surface area contributed by atoms with E-state index in [1.807, 2.05) is 0 Å². The van der Waals surface area contributed by atoms with Gasteiger partial charge in [0.25, 0.3) is 12.2 Å². The van der Waals surface area contributed by atoms with E-state index < -0.39 is 0 Å². The predicted molar refractivity (Wildman–Crippen MR) is 134 cm³/mol. The van der Waals surface area contributed by atoms with Crippen LogP contribution >= 0.6 is 0 Å². The van der Waals surface area contributed by atoms with Crippen LogP contribution in [-0.2, 0) is 0 Å². The lowest BCUT2D eigenvalue weighted by Crippen LogP contribution is -2.03. The molecular weight excluding hydrogens is 480 g/mol. The minimum absolute atomic E-state index is 0.001000. The summed E-state index contributed by atoms with van der Waals surface area (Å²) in [6.07, 6.45) is 2.20. The number of aliphatic hydroxyl groups excluding tert-OH is 2. The largest absolute Gasteiger partial charge is 0.493 e. The quantitative estimate of drug-likeness (QED) is 0.214. The summed E-state index contributed by atoms with van der Waals surface area (Å²) in [6.45, 7) is 13.0. The van der Waals surface area contributed by atoms with Crippen LogP contribution in [0.3, 0.4) is 0 Å². The summed E-state index contributed by atoms with van der Waals surface area (Å²) >= 11 is 0. The fraction of sp³-hybridized carbons (Fsp3) is 0.269. The second kappa shape index (κ2) is 20.3. The zero-order valence-electron chi connectivity index (χ0n) is 20.4. The number of aliphatic hydroxyl groups is 2. The highest BCUT2D eigenvalue weighted by molar-refractivity contribution is 5.76. The molecule has 0 aromatic heterocycles. The second-order valence-electron chi connectivity index (χ2n) is 6.31. The van der Waals surface area contributed by atoms with Crippen LogP contribution in [0.5, 0.6) is 23.0 Å². The molecular formula is C26H26N4O7. The molecule has 0 bridgehead atoms.